The van der Waals surface area contributed by atoms with Gasteiger partial charge in [0.2, 0.25) is 0 Å². The van der Waals surface area contributed by atoms with E-state index < -0.39 is 0 Å². The molecule has 0 N–H and O–H groups in total. The first-order chi connectivity index (χ1) is 9.20. The Bertz CT molecular complexity index is 418. The molecule has 2 aliphatic heterocycles. The zero-order valence-electron chi connectivity index (χ0n) is 12.3. The van der Waals surface area contributed by atoms with Crippen LogP contribution in [0.25, 0.3) is 0 Å². The molecule has 106 valence electrons. The monoisotopic (exact) mass is 262 g/mol. The van der Waals surface area contributed by atoms with Gasteiger partial charge in [-0.15, -0.1) is 0 Å². The molecule has 3 rings (SSSR count). The molecule has 1 aromatic rings. The lowest BCUT2D eigenvalue weighted by Crippen LogP contribution is -2.45. The first-order valence-electron chi connectivity index (χ1n) is 7.66. The van der Waals surface area contributed by atoms with E-state index in [0.29, 0.717) is 0 Å². The lowest BCUT2D eigenvalue weighted by molar-refractivity contribution is 0.155. The van der Waals surface area contributed by atoms with Crippen LogP contribution in [-0.4, -0.2) is 59.1 Å². The van der Waals surface area contributed by atoms with Crippen LogP contribution in [0, 0.1) is 5.92 Å². The number of piperazine rings is 1. The molecular weight excluding hydrogens is 236 g/mol. The zero-order chi connectivity index (χ0) is 13.2. The second-order valence-electron chi connectivity index (χ2n) is 6.34. The van der Waals surface area contributed by atoms with E-state index in [1.807, 2.05) is 0 Å². The molecule has 0 bridgehead atoms. The van der Waals surface area contributed by atoms with Gasteiger partial charge in [-0.05, 0) is 19.4 Å². The number of aryl methyl sites for hydroxylation is 1. The van der Waals surface area contributed by atoms with Crippen molar-refractivity contribution in [3.05, 3.63) is 17.7 Å². The smallest absolute Gasteiger partial charge is 0.108 e. The van der Waals surface area contributed by atoms with Crippen molar-refractivity contribution < 1.29 is 0 Å². The molecule has 1 atom stereocenters. The average molecular weight is 262 g/mol. The molecule has 1 saturated heterocycles. The van der Waals surface area contributed by atoms with Gasteiger partial charge in [0, 0.05) is 58.3 Å². The third kappa shape index (κ3) is 3.18. The van der Waals surface area contributed by atoms with Gasteiger partial charge < -0.3 is 14.4 Å². The fourth-order valence-electron chi connectivity index (χ4n) is 3.14. The molecule has 0 spiro atoms. The molecule has 1 unspecified atom stereocenters. The largest absolute Gasteiger partial charge is 0.334 e. The van der Waals surface area contributed by atoms with Crippen LogP contribution >= 0.6 is 0 Å². The number of hydrogen-bond acceptors (Lipinski definition) is 3. The summed E-state index contributed by atoms with van der Waals surface area (Å²) in [6.45, 7) is 9.50. The molecule has 0 aromatic carbocycles. The van der Waals surface area contributed by atoms with E-state index in [4.69, 9.17) is 4.98 Å². The van der Waals surface area contributed by atoms with Gasteiger partial charge in [-0.25, -0.2) is 4.98 Å². The minimum absolute atomic E-state index is 0.812. The first kappa shape index (κ1) is 13.1. The lowest BCUT2D eigenvalue weighted by Gasteiger charge is -2.32. The Morgan fingerprint density at radius 3 is 2.84 bits per heavy atom. The van der Waals surface area contributed by atoms with Crippen LogP contribution in [-0.2, 0) is 19.4 Å². The van der Waals surface area contributed by atoms with Crippen LogP contribution in [0.3, 0.4) is 0 Å². The number of likely N-dealkylation sites (N-methyl/N-ethyl adjacent to an activating group) is 1. The third-order valence-electron chi connectivity index (χ3n) is 4.56. The van der Waals surface area contributed by atoms with Crippen LogP contribution in [0.2, 0.25) is 0 Å². The fraction of sp³-hybridized carbons (Fsp3) is 0.800. The number of hydrogen-bond donors (Lipinski definition) is 0. The van der Waals surface area contributed by atoms with E-state index in [2.05, 4.69) is 34.5 Å². The van der Waals surface area contributed by atoms with Crippen molar-refractivity contribution in [2.24, 2.45) is 5.92 Å². The van der Waals surface area contributed by atoms with E-state index in [-0.39, 0.29) is 0 Å². The number of fused-ring (bicyclic) bond motifs is 1. The topological polar surface area (TPSA) is 24.3 Å². The van der Waals surface area contributed by atoms with Gasteiger partial charge in [-0.3, -0.25) is 0 Å². The number of nitrogens with zero attached hydrogens (tertiary/aromatic N) is 4. The Morgan fingerprint density at radius 1 is 1.26 bits per heavy atom. The van der Waals surface area contributed by atoms with E-state index >= 15 is 0 Å². The second kappa shape index (κ2) is 5.63. The van der Waals surface area contributed by atoms with Crippen LogP contribution in [0.1, 0.15) is 24.9 Å². The van der Waals surface area contributed by atoms with Gasteiger partial charge in [-0.2, -0.15) is 0 Å². The quantitative estimate of drug-likeness (QED) is 0.819. The van der Waals surface area contributed by atoms with Crippen LogP contribution in [0.5, 0.6) is 0 Å². The number of imidazole rings is 1. The molecular formula is C15H26N4. The summed E-state index contributed by atoms with van der Waals surface area (Å²) in [6, 6.07) is 0. The molecule has 4 nitrogen and oxygen atoms in total. The molecule has 1 aromatic heterocycles. The van der Waals surface area contributed by atoms with Crippen molar-refractivity contribution in [1.82, 2.24) is 19.4 Å². The predicted molar refractivity (Wildman–Crippen MR) is 77.4 cm³/mol. The summed E-state index contributed by atoms with van der Waals surface area (Å²) in [5, 5.41) is 0. The summed E-state index contributed by atoms with van der Waals surface area (Å²) in [5.74, 6) is 2.12. The van der Waals surface area contributed by atoms with Crippen molar-refractivity contribution in [2.45, 2.75) is 32.7 Å². The molecule has 2 aliphatic rings. The highest BCUT2D eigenvalue weighted by molar-refractivity contribution is 5.07. The Labute approximate surface area is 116 Å². The minimum atomic E-state index is 0.812. The normalized spacial score (nSPS) is 25.5. The molecule has 3 heterocycles. The van der Waals surface area contributed by atoms with E-state index in [0.717, 1.165) is 25.3 Å². The summed E-state index contributed by atoms with van der Waals surface area (Å²) in [5.41, 5.74) is 1.29. The highest BCUT2D eigenvalue weighted by atomic mass is 15.2. The maximum absolute atomic E-state index is 4.81. The van der Waals surface area contributed by atoms with Gasteiger partial charge in [-0.1, -0.05) is 6.92 Å². The number of rotatable bonds is 3. The standard InChI is InChI=1S/C15H26N4/c1-13-3-4-15-16-14(12-19(15)11-13)5-6-18-9-7-17(2)8-10-18/h12-13H,3-11H2,1-2H3. The Kier molecular flexibility index (Phi) is 3.89. The van der Waals surface area contributed by atoms with E-state index in [1.165, 1.54) is 50.7 Å². The van der Waals surface area contributed by atoms with Gasteiger partial charge in [0.25, 0.3) is 0 Å². The Balaban J connectivity index is 1.53. The van der Waals surface area contributed by atoms with Crippen molar-refractivity contribution in [3.8, 4) is 0 Å². The summed E-state index contributed by atoms with van der Waals surface area (Å²) < 4.78 is 2.38. The van der Waals surface area contributed by atoms with Gasteiger partial charge >= 0.3 is 0 Å². The van der Waals surface area contributed by atoms with E-state index in [9.17, 15) is 0 Å². The highest BCUT2D eigenvalue weighted by Crippen LogP contribution is 2.19. The third-order valence-corrected chi connectivity index (χ3v) is 4.56. The van der Waals surface area contributed by atoms with Crippen molar-refractivity contribution in [3.63, 3.8) is 0 Å². The van der Waals surface area contributed by atoms with Crippen LogP contribution < -0.4 is 0 Å². The summed E-state index contributed by atoms with van der Waals surface area (Å²) >= 11 is 0. The van der Waals surface area contributed by atoms with Crippen molar-refractivity contribution in [2.75, 3.05) is 39.8 Å². The summed E-state index contributed by atoms with van der Waals surface area (Å²) in [6.07, 6.45) is 5.86. The Morgan fingerprint density at radius 2 is 2.05 bits per heavy atom. The molecule has 0 radical (unpaired) electrons. The molecule has 0 aliphatic carbocycles. The summed E-state index contributed by atoms with van der Waals surface area (Å²) in [4.78, 5) is 9.79. The molecule has 0 amide bonds. The summed E-state index contributed by atoms with van der Waals surface area (Å²) in [7, 11) is 2.21. The van der Waals surface area contributed by atoms with Crippen LogP contribution in [0.4, 0.5) is 0 Å². The van der Waals surface area contributed by atoms with Crippen molar-refractivity contribution >= 4 is 0 Å². The van der Waals surface area contributed by atoms with Gasteiger partial charge in [0.1, 0.15) is 5.82 Å². The Hall–Kier alpha value is -0.870. The number of aromatic nitrogens is 2. The first-order valence-corrected chi connectivity index (χ1v) is 7.66. The predicted octanol–water partition coefficient (Wildman–Crippen LogP) is 1.26. The fourth-order valence-corrected chi connectivity index (χ4v) is 3.14. The maximum atomic E-state index is 4.81. The van der Waals surface area contributed by atoms with E-state index in [1.54, 1.807) is 0 Å². The zero-order valence-corrected chi connectivity index (χ0v) is 12.3. The van der Waals surface area contributed by atoms with Crippen molar-refractivity contribution in [1.29, 1.82) is 0 Å². The minimum Gasteiger partial charge on any atom is -0.334 e. The SMILES string of the molecule is CC1CCc2nc(CCN3CCN(C)CC3)cn2C1. The maximum Gasteiger partial charge on any atom is 0.108 e. The molecule has 4 heteroatoms. The highest BCUT2D eigenvalue weighted by Gasteiger charge is 2.18. The lowest BCUT2D eigenvalue weighted by atomic mass is 10.0. The van der Waals surface area contributed by atoms with Gasteiger partial charge in [0.05, 0.1) is 5.69 Å². The molecule has 19 heavy (non-hydrogen) atoms. The molecule has 0 saturated carbocycles. The average Bonchev–Trinajstić information content (AvgIpc) is 2.80. The van der Waals surface area contributed by atoms with Gasteiger partial charge in [0.15, 0.2) is 0 Å². The molecule has 1 fully saturated rings. The van der Waals surface area contributed by atoms with Crippen LogP contribution in [0.15, 0.2) is 6.20 Å². The second-order valence-corrected chi connectivity index (χ2v) is 6.34.